The second kappa shape index (κ2) is 7.60. The summed E-state index contributed by atoms with van der Waals surface area (Å²) in [7, 11) is 0. The summed E-state index contributed by atoms with van der Waals surface area (Å²) in [5.41, 5.74) is 6.13. The van der Waals surface area contributed by atoms with Crippen LogP contribution in [-0.4, -0.2) is 11.9 Å². The Bertz CT molecular complexity index is 437. The van der Waals surface area contributed by atoms with Crippen LogP contribution in [0.5, 0.6) is 0 Å². The van der Waals surface area contributed by atoms with Gasteiger partial charge in [0.25, 0.3) is 0 Å². The Morgan fingerprint density at radius 3 is 2.74 bits per heavy atom. The van der Waals surface area contributed by atoms with Crippen molar-refractivity contribution >= 4 is 27.5 Å². The normalized spacial score (nSPS) is 13.9. The van der Waals surface area contributed by atoms with Gasteiger partial charge in [-0.1, -0.05) is 13.3 Å². The zero-order valence-electron chi connectivity index (χ0n) is 11.2. The van der Waals surface area contributed by atoms with Crippen LogP contribution >= 0.6 is 15.9 Å². The van der Waals surface area contributed by atoms with Crippen molar-refractivity contribution in [3.05, 3.63) is 28.5 Å². The number of carbonyl (C=O) groups is 1. The lowest BCUT2D eigenvalue weighted by Crippen LogP contribution is -2.21. The summed E-state index contributed by atoms with van der Waals surface area (Å²) in [6, 6.07) is 4.38. The van der Waals surface area contributed by atoms with E-state index in [2.05, 4.69) is 21.2 Å². The van der Waals surface area contributed by atoms with Crippen molar-refractivity contribution in [3.63, 3.8) is 0 Å². The first-order valence-corrected chi connectivity index (χ1v) is 7.21. The highest BCUT2D eigenvalue weighted by Crippen LogP contribution is 2.24. The van der Waals surface area contributed by atoms with Crippen LogP contribution in [-0.2, 0) is 4.79 Å². The first-order chi connectivity index (χ1) is 8.90. The van der Waals surface area contributed by atoms with Crippen LogP contribution in [0.2, 0.25) is 0 Å². The van der Waals surface area contributed by atoms with Crippen LogP contribution in [0.1, 0.15) is 33.1 Å². The molecule has 5 heteroatoms. The Morgan fingerprint density at radius 1 is 1.42 bits per heavy atom. The van der Waals surface area contributed by atoms with Gasteiger partial charge >= 0.3 is 0 Å². The third kappa shape index (κ3) is 5.70. The van der Waals surface area contributed by atoms with Crippen molar-refractivity contribution in [2.24, 2.45) is 11.7 Å². The molecular weight excluding hydrogens is 311 g/mol. The van der Waals surface area contributed by atoms with Gasteiger partial charge in [0.2, 0.25) is 5.91 Å². The topological polar surface area (TPSA) is 55.1 Å². The van der Waals surface area contributed by atoms with Gasteiger partial charge in [-0.2, -0.15) is 0 Å². The lowest BCUT2D eigenvalue weighted by atomic mass is 10.0. The van der Waals surface area contributed by atoms with Crippen LogP contribution in [0.25, 0.3) is 0 Å². The molecule has 0 heterocycles. The fourth-order valence-electron chi connectivity index (χ4n) is 1.73. The van der Waals surface area contributed by atoms with Gasteiger partial charge in [-0.05, 0) is 53.9 Å². The fourth-order valence-corrected chi connectivity index (χ4v) is 2.07. The average Bonchev–Trinajstić information content (AvgIpc) is 2.33. The fraction of sp³-hybridized carbons (Fsp3) is 0.500. The predicted molar refractivity (Wildman–Crippen MR) is 79.4 cm³/mol. The molecule has 3 nitrogen and oxygen atoms in total. The monoisotopic (exact) mass is 330 g/mol. The van der Waals surface area contributed by atoms with Crippen LogP contribution in [0, 0.1) is 11.7 Å². The molecule has 3 N–H and O–H groups in total. The van der Waals surface area contributed by atoms with E-state index in [1.165, 1.54) is 12.1 Å². The summed E-state index contributed by atoms with van der Waals surface area (Å²) in [5, 5.41) is 2.73. The molecule has 0 spiro atoms. The van der Waals surface area contributed by atoms with Crippen LogP contribution in [0.3, 0.4) is 0 Å². The molecule has 0 aliphatic carbocycles. The number of nitrogens with one attached hydrogen (secondary N) is 1. The first kappa shape index (κ1) is 16.1. The third-order valence-corrected chi connectivity index (χ3v) is 3.62. The quantitative estimate of drug-likeness (QED) is 0.835. The zero-order valence-corrected chi connectivity index (χ0v) is 12.8. The maximum absolute atomic E-state index is 13.1. The van der Waals surface area contributed by atoms with Gasteiger partial charge in [0.15, 0.2) is 0 Å². The summed E-state index contributed by atoms with van der Waals surface area (Å²) in [6.07, 6.45) is 2.60. The molecule has 19 heavy (non-hydrogen) atoms. The van der Waals surface area contributed by atoms with Gasteiger partial charge in [0.05, 0.1) is 5.69 Å². The number of benzene rings is 1. The van der Waals surface area contributed by atoms with Gasteiger partial charge in [0, 0.05) is 16.4 Å². The van der Waals surface area contributed by atoms with E-state index in [1.807, 2.05) is 13.8 Å². The molecule has 0 aromatic heterocycles. The Hall–Kier alpha value is -0.940. The molecule has 1 rings (SSSR count). The maximum Gasteiger partial charge on any atom is 0.227 e. The molecule has 1 aromatic rings. The molecule has 106 valence electrons. The minimum Gasteiger partial charge on any atom is -0.328 e. The van der Waals surface area contributed by atoms with E-state index >= 15 is 0 Å². The summed E-state index contributed by atoms with van der Waals surface area (Å²) in [5.74, 6) is -0.590. The van der Waals surface area contributed by atoms with E-state index in [4.69, 9.17) is 5.73 Å². The lowest BCUT2D eigenvalue weighted by molar-refractivity contribution is -0.119. The van der Waals surface area contributed by atoms with Crippen molar-refractivity contribution in [2.75, 3.05) is 5.32 Å². The van der Waals surface area contributed by atoms with Crippen molar-refractivity contribution in [1.29, 1.82) is 0 Å². The molecule has 0 saturated heterocycles. The Labute approximate surface area is 121 Å². The number of amides is 1. The van der Waals surface area contributed by atoms with Gasteiger partial charge in [-0.25, -0.2) is 4.39 Å². The van der Waals surface area contributed by atoms with Crippen molar-refractivity contribution in [3.8, 4) is 0 Å². The van der Waals surface area contributed by atoms with Gasteiger partial charge < -0.3 is 11.1 Å². The number of halogens is 2. The van der Waals surface area contributed by atoms with E-state index < -0.39 is 0 Å². The van der Waals surface area contributed by atoms with E-state index in [-0.39, 0.29) is 23.7 Å². The largest absolute Gasteiger partial charge is 0.328 e. The number of hydrogen-bond donors (Lipinski definition) is 2. The van der Waals surface area contributed by atoms with Crippen LogP contribution < -0.4 is 11.1 Å². The highest BCUT2D eigenvalue weighted by Gasteiger charge is 2.14. The molecule has 1 aromatic carbocycles. The summed E-state index contributed by atoms with van der Waals surface area (Å²) in [6.45, 7) is 3.82. The predicted octanol–water partition coefficient (Wildman–Crippen LogP) is 3.68. The average molecular weight is 331 g/mol. The molecule has 0 aliphatic rings. The molecule has 0 fully saturated rings. The number of nitrogens with two attached hydrogens (primary N) is 1. The molecule has 2 atom stereocenters. The number of carbonyl (C=O) groups excluding carboxylic acids is 1. The number of rotatable bonds is 6. The number of anilines is 1. The standard InChI is InChI=1S/C14H20BrFN2O/c1-9(4-3-5-10(2)17)14(19)18-13-8-11(16)6-7-12(13)15/h6-10H,3-5,17H2,1-2H3,(H,18,19). The molecule has 2 unspecified atom stereocenters. The molecule has 1 amide bonds. The summed E-state index contributed by atoms with van der Waals surface area (Å²) in [4.78, 5) is 12.0. The Balaban J connectivity index is 2.51. The maximum atomic E-state index is 13.1. The van der Waals surface area contributed by atoms with E-state index in [0.29, 0.717) is 10.2 Å². The SMILES string of the molecule is CC(N)CCCC(C)C(=O)Nc1cc(F)ccc1Br. The summed E-state index contributed by atoms with van der Waals surface area (Å²) < 4.78 is 13.8. The molecule has 0 saturated carbocycles. The second-order valence-electron chi connectivity index (χ2n) is 4.92. The molecule has 0 radical (unpaired) electrons. The number of hydrogen-bond acceptors (Lipinski definition) is 2. The first-order valence-electron chi connectivity index (χ1n) is 6.41. The van der Waals surface area contributed by atoms with Crippen LogP contribution in [0.15, 0.2) is 22.7 Å². The van der Waals surface area contributed by atoms with E-state index in [0.717, 1.165) is 19.3 Å². The highest BCUT2D eigenvalue weighted by atomic mass is 79.9. The van der Waals surface area contributed by atoms with Crippen molar-refractivity contribution in [2.45, 2.75) is 39.2 Å². The van der Waals surface area contributed by atoms with Crippen LogP contribution in [0.4, 0.5) is 10.1 Å². The zero-order chi connectivity index (χ0) is 14.4. The van der Waals surface area contributed by atoms with Crippen molar-refractivity contribution in [1.82, 2.24) is 0 Å². The Kier molecular flexibility index (Phi) is 6.45. The van der Waals surface area contributed by atoms with E-state index in [9.17, 15) is 9.18 Å². The Morgan fingerprint density at radius 2 is 2.11 bits per heavy atom. The second-order valence-corrected chi connectivity index (χ2v) is 5.78. The third-order valence-electron chi connectivity index (χ3n) is 2.93. The van der Waals surface area contributed by atoms with E-state index in [1.54, 1.807) is 6.07 Å². The molecule has 0 aliphatic heterocycles. The minimum atomic E-state index is -0.372. The van der Waals surface area contributed by atoms with Gasteiger partial charge in [0.1, 0.15) is 5.82 Å². The lowest BCUT2D eigenvalue weighted by Gasteiger charge is -2.14. The van der Waals surface area contributed by atoms with Crippen molar-refractivity contribution < 1.29 is 9.18 Å². The summed E-state index contributed by atoms with van der Waals surface area (Å²) >= 11 is 3.28. The minimum absolute atomic E-state index is 0.101. The van der Waals surface area contributed by atoms with Gasteiger partial charge in [-0.3, -0.25) is 4.79 Å². The van der Waals surface area contributed by atoms with Gasteiger partial charge in [-0.15, -0.1) is 0 Å². The smallest absolute Gasteiger partial charge is 0.227 e. The molecular formula is C14H20BrFN2O. The molecule has 0 bridgehead atoms. The highest BCUT2D eigenvalue weighted by molar-refractivity contribution is 9.10.